The van der Waals surface area contributed by atoms with Gasteiger partial charge in [-0.15, -0.1) is 0 Å². The maximum Gasteiger partial charge on any atom is 0.243 e. The zero-order valence-electron chi connectivity index (χ0n) is 13.7. The molecule has 5 rings (SSSR count). The van der Waals surface area contributed by atoms with Crippen molar-refractivity contribution in [3.63, 3.8) is 0 Å². The van der Waals surface area contributed by atoms with Gasteiger partial charge >= 0.3 is 0 Å². The number of amides is 2. The predicted octanol–water partition coefficient (Wildman–Crippen LogP) is 3.72. The van der Waals surface area contributed by atoms with Crippen molar-refractivity contribution in [1.82, 2.24) is 5.32 Å². The number of rotatable bonds is 4. The van der Waals surface area contributed by atoms with Crippen LogP contribution in [0.25, 0.3) is 0 Å². The van der Waals surface area contributed by atoms with Crippen LogP contribution in [0.5, 0.6) is 0 Å². The molecule has 0 spiro atoms. The van der Waals surface area contributed by atoms with Gasteiger partial charge in [-0.3, -0.25) is 9.59 Å². The number of hydrogen-bond donors (Lipinski definition) is 2. The lowest BCUT2D eigenvalue weighted by atomic mass is 9.49. The summed E-state index contributed by atoms with van der Waals surface area (Å²) in [6, 6.07) is 7.43. The first-order valence-electron chi connectivity index (χ1n) is 8.86. The molecule has 0 aliphatic heterocycles. The Morgan fingerprint density at radius 3 is 2.08 bits per heavy atom. The monoisotopic (exact) mass is 390 g/mol. The van der Waals surface area contributed by atoms with E-state index in [1.54, 1.807) is 0 Å². The third-order valence-electron chi connectivity index (χ3n) is 6.06. The second-order valence-corrected chi connectivity index (χ2v) is 8.85. The molecule has 0 unspecified atom stereocenters. The number of carbonyl (C=O) groups is 2. The molecule has 2 N–H and O–H groups in total. The average Bonchev–Trinajstić information content (AvgIpc) is 2.53. The molecule has 4 aliphatic carbocycles. The standard InChI is InChI=1S/C19H23BrN2O2/c20-15-1-3-16(4-2-15)22-17(23)11-21-18(24)19-8-12-5-13(9-19)7-14(6-12)10-19/h1-4,12-14H,5-11H2,(H,21,24)(H,22,23). The molecule has 0 heterocycles. The first-order chi connectivity index (χ1) is 11.5. The normalized spacial score (nSPS) is 33.3. The van der Waals surface area contributed by atoms with Crippen molar-refractivity contribution in [3.8, 4) is 0 Å². The number of nitrogens with one attached hydrogen (secondary N) is 2. The minimum Gasteiger partial charge on any atom is -0.347 e. The Hall–Kier alpha value is -1.36. The van der Waals surface area contributed by atoms with Gasteiger partial charge in [0.05, 0.1) is 6.54 Å². The van der Waals surface area contributed by atoms with E-state index in [4.69, 9.17) is 0 Å². The summed E-state index contributed by atoms with van der Waals surface area (Å²) < 4.78 is 0.968. The van der Waals surface area contributed by atoms with E-state index in [0.29, 0.717) is 0 Å². The molecule has 0 radical (unpaired) electrons. The maximum atomic E-state index is 12.8. The smallest absolute Gasteiger partial charge is 0.243 e. The molecule has 1 aromatic rings. The average molecular weight is 391 g/mol. The summed E-state index contributed by atoms with van der Waals surface area (Å²) in [5, 5.41) is 5.73. The second-order valence-electron chi connectivity index (χ2n) is 7.94. The minimum atomic E-state index is -0.188. The number of anilines is 1. The molecule has 4 saturated carbocycles. The van der Waals surface area contributed by atoms with Crippen LogP contribution >= 0.6 is 15.9 Å². The van der Waals surface area contributed by atoms with Crippen LogP contribution < -0.4 is 10.6 Å². The molecule has 0 saturated heterocycles. The highest BCUT2D eigenvalue weighted by molar-refractivity contribution is 9.10. The molecule has 24 heavy (non-hydrogen) atoms. The zero-order valence-corrected chi connectivity index (χ0v) is 15.3. The van der Waals surface area contributed by atoms with Crippen LogP contribution in [0.3, 0.4) is 0 Å². The van der Waals surface area contributed by atoms with E-state index in [1.807, 2.05) is 24.3 Å². The molecule has 0 aromatic heterocycles. The summed E-state index contributed by atoms with van der Waals surface area (Å²) in [7, 11) is 0. The fourth-order valence-corrected chi connectivity index (χ4v) is 5.74. The topological polar surface area (TPSA) is 58.2 Å². The Kier molecular flexibility index (Phi) is 4.15. The van der Waals surface area contributed by atoms with Gasteiger partial charge in [-0.1, -0.05) is 15.9 Å². The van der Waals surface area contributed by atoms with Gasteiger partial charge in [-0.2, -0.15) is 0 Å². The zero-order chi connectivity index (χ0) is 16.7. The van der Waals surface area contributed by atoms with Crippen molar-refractivity contribution in [1.29, 1.82) is 0 Å². The van der Waals surface area contributed by atoms with Gasteiger partial charge in [0.2, 0.25) is 11.8 Å². The van der Waals surface area contributed by atoms with Crippen molar-refractivity contribution in [2.45, 2.75) is 38.5 Å². The number of benzene rings is 1. The molecule has 4 fully saturated rings. The Morgan fingerprint density at radius 1 is 1.00 bits per heavy atom. The van der Waals surface area contributed by atoms with Crippen molar-refractivity contribution in [2.24, 2.45) is 23.2 Å². The van der Waals surface area contributed by atoms with Crippen molar-refractivity contribution >= 4 is 33.4 Å². The first-order valence-corrected chi connectivity index (χ1v) is 9.65. The van der Waals surface area contributed by atoms with E-state index < -0.39 is 0 Å². The largest absolute Gasteiger partial charge is 0.347 e. The lowest BCUT2D eigenvalue weighted by molar-refractivity contribution is -0.146. The highest BCUT2D eigenvalue weighted by Gasteiger charge is 2.54. The summed E-state index contributed by atoms with van der Waals surface area (Å²) >= 11 is 3.37. The van der Waals surface area contributed by atoms with Crippen LogP contribution in [0.4, 0.5) is 5.69 Å². The van der Waals surface area contributed by atoms with Gasteiger partial charge in [0.1, 0.15) is 0 Å². The summed E-state index contributed by atoms with van der Waals surface area (Å²) in [4.78, 5) is 24.9. The number of carbonyl (C=O) groups excluding carboxylic acids is 2. The summed E-state index contributed by atoms with van der Waals surface area (Å²) in [6.45, 7) is 0.0522. The van der Waals surface area contributed by atoms with Crippen LogP contribution in [0, 0.1) is 23.2 Å². The molecule has 1 aromatic carbocycles. The Bertz CT molecular complexity index is 621. The molecule has 128 valence electrons. The summed E-state index contributed by atoms with van der Waals surface area (Å²) in [5.41, 5.74) is 0.555. The van der Waals surface area contributed by atoms with E-state index >= 15 is 0 Å². The second kappa shape index (κ2) is 6.17. The molecule has 0 atom stereocenters. The predicted molar refractivity (Wildman–Crippen MR) is 96.4 cm³/mol. The minimum absolute atomic E-state index is 0.0522. The molecule has 4 aliphatic rings. The van der Waals surface area contributed by atoms with Gasteiger partial charge < -0.3 is 10.6 Å². The molecular formula is C19H23BrN2O2. The molecule has 4 nitrogen and oxygen atoms in total. The fourth-order valence-electron chi connectivity index (χ4n) is 5.48. The highest BCUT2D eigenvalue weighted by atomic mass is 79.9. The van der Waals surface area contributed by atoms with E-state index in [9.17, 15) is 9.59 Å². The Morgan fingerprint density at radius 2 is 1.54 bits per heavy atom. The first kappa shape index (κ1) is 16.1. The third kappa shape index (κ3) is 3.10. The molecule has 2 amide bonds. The lowest BCUT2D eigenvalue weighted by Crippen LogP contribution is -2.54. The molecule has 5 heteroatoms. The van der Waals surface area contributed by atoms with Crippen LogP contribution in [-0.4, -0.2) is 18.4 Å². The fraction of sp³-hybridized carbons (Fsp3) is 0.579. The van der Waals surface area contributed by atoms with Crippen LogP contribution in [0.2, 0.25) is 0 Å². The van der Waals surface area contributed by atoms with Crippen LogP contribution in [0.1, 0.15) is 38.5 Å². The lowest BCUT2D eigenvalue weighted by Gasteiger charge is -2.55. The third-order valence-corrected chi connectivity index (χ3v) is 6.59. The van der Waals surface area contributed by atoms with E-state index in [2.05, 4.69) is 26.6 Å². The maximum absolute atomic E-state index is 12.8. The number of hydrogen-bond acceptors (Lipinski definition) is 2. The van der Waals surface area contributed by atoms with Gasteiger partial charge in [0.25, 0.3) is 0 Å². The van der Waals surface area contributed by atoms with Gasteiger partial charge in [-0.05, 0) is 80.5 Å². The van der Waals surface area contributed by atoms with Crippen LogP contribution in [-0.2, 0) is 9.59 Å². The Labute approximate surface area is 150 Å². The van der Waals surface area contributed by atoms with Crippen LogP contribution in [0.15, 0.2) is 28.7 Å². The van der Waals surface area contributed by atoms with Gasteiger partial charge in [-0.25, -0.2) is 0 Å². The molecular weight excluding hydrogens is 368 g/mol. The SMILES string of the molecule is O=C(CNC(=O)C12CC3CC(CC(C3)C1)C2)Nc1ccc(Br)cc1. The van der Waals surface area contributed by atoms with E-state index in [1.165, 1.54) is 19.3 Å². The number of halogens is 1. The van der Waals surface area contributed by atoms with Crippen molar-refractivity contribution < 1.29 is 9.59 Å². The van der Waals surface area contributed by atoms with Crippen molar-refractivity contribution in [3.05, 3.63) is 28.7 Å². The summed E-state index contributed by atoms with van der Waals surface area (Å²) in [6.07, 6.45) is 7.03. The summed E-state index contributed by atoms with van der Waals surface area (Å²) in [5.74, 6) is 2.14. The Balaban J connectivity index is 1.33. The molecule has 4 bridgehead atoms. The highest BCUT2D eigenvalue weighted by Crippen LogP contribution is 2.60. The van der Waals surface area contributed by atoms with Crippen molar-refractivity contribution in [2.75, 3.05) is 11.9 Å². The quantitative estimate of drug-likeness (QED) is 0.822. The van der Waals surface area contributed by atoms with Gasteiger partial charge in [0, 0.05) is 15.6 Å². The van der Waals surface area contributed by atoms with E-state index in [0.717, 1.165) is 47.2 Å². The van der Waals surface area contributed by atoms with Gasteiger partial charge in [0.15, 0.2) is 0 Å². The van der Waals surface area contributed by atoms with E-state index in [-0.39, 0.29) is 23.8 Å².